The smallest absolute Gasteiger partial charge is 0.315 e. The number of ether oxygens (including phenoxy) is 1. The molecular formula is C19H25N3O2. The van der Waals surface area contributed by atoms with E-state index in [1.807, 2.05) is 37.3 Å². The summed E-state index contributed by atoms with van der Waals surface area (Å²) in [6.45, 7) is 2.59. The molecule has 1 atom stereocenters. The van der Waals surface area contributed by atoms with Gasteiger partial charge in [0.15, 0.2) is 0 Å². The monoisotopic (exact) mass is 327 g/mol. The van der Waals surface area contributed by atoms with Crippen molar-refractivity contribution in [2.24, 2.45) is 0 Å². The third kappa shape index (κ3) is 6.28. The zero-order valence-corrected chi connectivity index (χ0v) is 14.3. The maximum absolute atomic E-state index is 11.9. The van der Waals surface area contributed by atoms with E-state index >= 15 is 0 Å². The van der Waals surface area contributed by atoms with E-state index in [1.54, 1.807) is 13.3 Å². The third-order valence-corrected chi connectivity index (χ3v) is 3.80. The van der Waals surface area contributed by atoms with Crippen LogP contribution in [-0.4, -0.2) is 30.7 Å². The molecule has 0 radical (unpaired) electrons. The third-order valence-electron chi connectivity index (χ3n) is 3.80. The Bertz CT molecular complexity index is 614. The molecule has 2 aromatic rings. The zero-order valence-electron chi connectivity index (χ0n) is 14.3. The minimum absolute atomic E-state index is 0.113. The minimum Gasteiger partial charge on any atom is -0.497 e. The van der Waals surface area contributed by atoms with Crippen LogP contribution in [0.2, 0.25) is 0 Å². The Morgan fingerprint density at radius 2 is 1.96 bits per heavy atom. The van der Waals surface area contributed by atoms with Crippen molar-refractivity contribution in [2.45, 2.75) is 32.2 Å². The highest BCUT2D eigenvalue weighted by Crippen LogP contribution is 2.13. The number of pyridine rings is 1. The van der Waals surface area contributed by atoms with Gasteiger partial charge in [-0.1, -0.05) is 18.2 Å². The number of methoxy groups -OCH3 is 1. The first kappa shape index (κ1) is 17.8. The van der Waals surface area contributed by atoms with E-state index in [-0.39, 0.29) is 12.1 Å². The molecule has 2 rings (SSSR count). The van der Waals surface area contributed by atoms with Gasteiger partial charge >= 0.3 is 6.03 Å². The Labute approximate surface area is 143 Å². The minimum atomic E-state index is -0.131. The lowest BCUT2D eigenvalue weighted by Crippen LogP contribution is -2.41. The second-order valence-electron chi connectivity index (χ2n) is 5.76. The lowest BCUT2D eigenvalue weighted by molar-refractivity contribution is 0.237. The Balaban J connectivity index is 1.63. The second kappa shape index (κ2) is 9.55. The van der Waals surface area contributed by atoms with Gasteiger partial charge in [0.05, 0.1) is 7.11 Å². The van der Waals surface area contributed by atoms with Crippen molar-refractivity contribution >= 4 is 6.03 Å². The summed E-state index contributed by atoms with van der Waals surface area (Å²) in [4.78, 5) is 16.1. The normalized spacial score (nSPS) is 11.6. The molecule has 128 valence electrons. The van der Waals surface area contributed by atoms with Crippen molar-refractivity contribution in [3.8, 4) is 5.75 Å². The van der Waals surface area contributed by atoms with Crippen LogP contribution < -0.4 is 15.4 Å². The highest BCUT2D eigenvalue weighted by molar-refractivity contribution is 5.74. The van der Waals surface area contributed by atoms with Crippen molar-refractivity contribution < 1.29 is 9.53 Å². The summed E-state index contributed by atoms with van der Waals surface area (Å²) in [5, 5.41) is 5.83. The summed E-state index contributed by atoms with van der Waals surface area (Å²) in [5.41, 5.74) is 2.21. The predicted octanol–water partition coefficient (Wildman–Crippen LogP) is 2.95. The molecule has 0 saturated heterocycles. The second-order valence-corrected chi connectivity index (χ2v) is 5.76. The number of amides is 2. The van der Waals surface area contributed by atoms with Crippen LogP contribution >= 0.6 is 0 Å². The van der Waals surface area contributed by atoms with Crippen LogP contribution in [0.5, 0.6) is 5.75 Å². The van der Waals surface area contributed by atoms with Gasteiger partial charge in [-0.05, 0) is 49.6 Å². The van der Waals surface area contributed by atoms with Gasteiger partial charge in [0, 0.05) is 30.9 Å². The van der Waals surface area contributed by atoms with Gasteiger partial charge in [0.2, 0.25) is 0 Å². The molecule has 0 saturated carbocycles. The van der Waals surface area contributed by atoms with Crippen LogP contribution in [-0.2, 0) is 12.8 Å². The number of benzene rings is 1. The number of nitrogens with zero attached hydrogens (tertiary/aromatic N) is 1. The number of nitrogens with one attached hydrogen (secondary N) is 2. The average molecular weight is 327 g/mol. The molecule has 2 N–H and O–H groups in total. The fraction of sp³-hybridized carbons (Fsp3) is 0.368. The Hall–Kier alpha value is -2.56. The van der Waals surface area contributed by atoms with Gasteiger partial charge in [-0.15, -0.1) is 0 Å². The number of hydrogen-bond acceptors (Lipinski definition) is 3. The molecule has 0 unspecified atom stereocenters. The van der Waals surface area contributed by atoms with E-state index in [2.05, 4.69) is 27.8 Å². The van der Waals surface area contributed by atoms with E-state index in [0.29, 0.717) is 6.54 Å². The number of aromatic nitrogens is 1. The first-order chi connectivity index (χ1) is 11.7. The quantitative estimate of drug-likeness (QED) is 0.783. The lowest BCUT2D eigenvalue weighted by atomic mass is 10.1. The fourth-order valence-corrected chi connectivity index (χ4v) is 2.37. The molecule has 0 bridgehead atoms. The molecule has 0 aliphatic carbocycles. The Morgan fingerprint density at radius 3 is 2.62 bits per heavy atom. The molecule has 1 aromatic carbocycles. The Morgan fingerprint density at radius 1 is 1.17 bits per heavy atom. The highest BCUT2D eigenvalue weighted by atomic mass is 16.5. The van der Waals surface area contributed by atoms with Crippen molar-refractivity contribution in [1.82, 2.24) is 15.6 Å². The summed E-state index contributed by atoms with van der Waals surface area (Å²) in [6.07, 6.45) is 4.30. The summed E-state index contributed by atoms with van der Waals surface area (Å²) in [7, 11) is 1.66. The number of aryl methyl sites for hydroxylation is 1. The standard InChI is InChI=1S/C19H25N3O2/c1-15(6-7-16-8-10-18(24-2)11-9-16)22-19(23)21-14-12-17-5-3-4-13-20-17/h3-5,8-11,13,15H,6-7,12,14H2,1-2H3,(H2,21,22,23)/t15-/m1/s1. The number of hydrogen-bond donors (Lipinski definition) is 2. The van der Waals surface area contributed by atoms with E-state index in [0.717, 1.165) is 30.7 Å². The van der Waals surface area contributed by atoms with E-state index < -0.39 is 0 Å². The molecule has 24 heavy (non-hydrogen) atoms. The fourth-order valence-electron chi connectivity index (χ4n) is 2.37. The van der Waals surface area contributed by atoms with Crippen LogP contribution in [0, 0.1) is 0 Å². The van der Waals surface area contributed by atoms with Crippen molar-refractivity contribution in [1.29, 1.82) is 0 Å². The van der Waals surface area contributed by atoms with Gasteiger partial charge in [0.25, 0.3) is 0 Å². The van der Waals surface area contributed by atoms with Crippen LogP contribution in [0.25, 0.3) is 0 Å². The summed E-state index contributed by atoms with van der Waals surface area (Å²) < 4.78 is 5.15. The maximum Gasteiger partial charge on any atom is 0.315 e. The van der Waals surface area contributed by atoms with Gasteiger partial charge in [0.1, 0.15) is 5.75 Å². The van der Waals surface area contributed by atoms with Gasteiger partial charge in [-0.2, -0.15) is 0 Å². The molecule has 0 fully saturated rings. The summed E-state index contributed by atoms with van der Waals surface area (Å²) >= 11 is 0. The van der Waals surface area contributed by atoms with Crippen molar-refractivity contribution in [2.75, 3.05) is 13.7 Å². The molecule has 1 heterocycles. The number of urea groups is 1. The molecule has 0 aliphatic rings. The maximum atomic E-state index is 11.9. The predicted molar refractivity (Wildman–Crippen MR) is 95.3 cm³/mol. The van der Waals surface area contributed by atoms with Crippen LogP contribution in [0.15, 0.2) is 48.7 Å². The van der Waals surface area contributed by atoms with Gasteiger partial charge < -0.3 is 15.4 Å². The number of carbonyl (C=O) groups excluding carboxylic acids is 1. The lowest BCUT2D eigenvalue weighted by Gasteiger charge is -2.14. The Kier molecular flexibility index (Phi) is 7.08. The summed E-state index contributed by atoms with van der Waals surface area (Å²) in [5.74, 6) is 0.859. The van der Waals surface area contributed by atoms with E-state index in [9.17, 15) is 4.79 Å². The van der Waals surface area contributed by atoms with Gasteiger partial charge in [-0.3, -0.25) is 4.98 Å². The number of carbonyl (C=O) groups is 1. The van der Waals surface area contributed by atoms with Crippen molar-refractivity contribution in [3.63, 3.8) is 0 Å². The molecule has 0 spiro atoms. The van der Waals surface area contributed by atoms with Gasteiger partial charge in [-0.25, -0.2) is 4.79 Å². The first-order valence-corrected chi connectivity index (χ1v) is 8.24. The largest absolute Gasteiger partial charge is 0.497 e. The molecule has 1 aromatic heterocycles. The molecule has 5 nitrogen and oxygen atoms in total. The number of rotatable bonds is 8. The van der Waals surface area contributed by atoms with Crippen LogP contribution in [0.3, 0.4) is 0 Å². The topological polar surface area (TPSA) is 63.2 Å². The van der Waals surface area contributed by atoms with Crippen LogP contribution in [0.4, 0.5) is 4.79 Å². The average Bonchev–Trinajstić information content (AvgIpc) is 2.61. The van der Waals surface area contributed by atoms with Crippen molar-refractivity contribution in [3.05, 3.63) is 59.9 Å². The molecular weight excluding hydrogens is 302 g/mol. The van der Waals surface area contributed by atoms with E-state index in [1.165, 1.54) is 5.56 Å². The highest BCUT2D eigenvalue weighted by Gasteiger charge is 2.07. The molecule has 0 aliphatic heterocycles. The molecule has 2 amide bonds. The first-order valence-electron chi connectivity index (χ1n) is 8.24. The van der Waals surface area contributed by atoms with Crippen LogP contribution in [0.1, 0.15) is 24.6 Å². The molecule has 5 heteroatoms. The van der Waals surface area contributed by atoms with E-state index in [4.69, 9.17) is 4.74 Å². The SMILES string of the molecule is COc1ccc(CC[C@@H](C)NC(=O)NCCc2ccccn2)cc1. The zero-order chi connectivity index (χ0) is 17.2. The summed E-state index contributed by atoms with van der Waals surface area (Å²) in [6, 6.07) is 13.8.